The van der Waals surface area contributed by atoms with Crippen LogP contribution in [0.1, 0.15) is 5.56 Å². The Morgan fingerprint density at radius 2 is 1.18 bits per heavy atom. The molecule has 0 aliphatic carbocycles. The molecule has 0 fully saturated rings. The van der Waals surface area contributed by atoms with Gasteiger partial charge in [-0.1, -0.05) is 97.1 Å². The maximum atomic E-state index is 6.21. The molecule has 39 heavy (non-hydrogen) atoms. The Morgan fingerprint density at radius 1 is 0.564 bits per heavy atom. The van der Waals surface area contributed by atoms with Gasteiger partial charge in [0.25, 0.3) is 0 Å². The molecular weight excluding hydrogens is 478 g/mol. The molecule has 4 heteroatoms. The number of rotatable bonds is 3. The summed E-state index contributed by atoms with van der Waals surface area (Å²) in [5.41, 5.74) is 7.90. The van der Waals surface area contributed by atoms with Crippen molar-refractivity contribution >= 4 is 43.7 Å². The summed E-state index contributed by atoms with van der Waals surface area (Å²) in [6.45, 7) is 2.12. The first kappa shape index (κ1) is 21.8. The number of fused-ring (bicyclic) bond motifs is 6. The minimum absolute atomic E-state index is 0.675. The molecule has 0 spiro atoms. The quantitative estimate of drug-likeness (QED) is 0.242. The summed E-state index contributed by atoms with van der Waals surface area (Å²) in [5.74, 6) is 1.55. The minimum atomic E-state index is 0.675. The Hall–Kier alpha value is -5.22. The zero-order chi connectivity index (χ0) is 25.9. The predicted molar refractivity (Wildman–Crippen MR) is 159 cm³/mol. The van der Waals surface area contributed by atoms with E-state index in [-0.39, 0.29) is 0 Å². The number of aromatic nitrogens is 3. The fourth-order valence-electron chi connectivity index (χ4n) is 5.83. The van der Waals surface area contributed by atoms with E-state index >= 15 is 0 Å². The Bertz CT molecular complexity index is 2130. The standard InChI is InChI=1S/C35H23N3O/c1-22-33(23-12-3-2-4-13-23)36-34(27-17-11-21-31-32(27)26-16-7-10-20-30(26)39-31)37-35(22)38-28-18-8-5-14-24(28)25-15-6-9-19-29(25)38/h2-21H,1H3. The van der Waals surface area contributed by atoms with Gasteiger partial charge in [0.1, 0.15) is 17.0 Å². The van der Waals surface area contributed by atoms with E-state index in [1.54, 1.807) is 0 Å². The second kappa shape index (κ2) is 8.40. The molecule has 0 saturated carbocycles. The Balaban J connectivity index is 1.51. The number of benzene rings is 5. The van der Waals surface area contributed by atoms with Gasteiger partial charge in [0, 0.05) is 38.2 Å². The average Bonchev–Trinajstić information content (AvgIpc) is 3.54. The van der Waals surface area contributed by atoms with Crippen molar-refractivity contribution in [2.45, 2.75) is 6.92 Å². The molecule has 0 radical (unpaired) electrons. The van der Waals surface area contributed by atoms with E-state index in [0.29, 0.717) is 5.82 Å². The number of hydrogen-bond acceptors (Lipinski definition) is 3. The molecule has 8 aromatic rings. The zero-order valence-electron chi connectivity index (χ0n) is 21.3. The van der Waals surface area contributed by atoms with E-state index in [0.717, 1.165) is 61.2 Å². The van der Waals surface area contributed by atoms with Crippen LogP contribution in [0.2, 0.25) is 0 Å². The topological polar surface area (TPSA) is 43.9 Å². The fraction of sp³-hybridized carbons (Fsp3) is 0.0286. The van der Waals surface area contributed by atoms with Crippen molar-refractivity contribution in [3.63, 3.8) is 0 Å². The monoisotopic (exact) mass is 501 g/mol. The first-order valence-electron chi connectivity index (χ1n) is 13.1. The first-order valence-corrected chi connectivity index (χ1v) is 13.1. The van der Waals surface area contributed by atoms with Crippen LogP contribution < -0.4 is 0 Å². The minimum Gasteiger partial charge on any atom is -0.456 e. The SMILES string of the molecule is Cc1c(-c2ccccc2)nc(-c2cccc3oc4ccccc4c23)nc1-n1c2ccccc2c2ccccc21. The van der Waals surface area contributed by atoms with Crippen LogP contribution in [0.15, 0.2) is 126 Å². The van der Waals surface area contributed by atoms with Crippen LogP contribution in [0.5, 0.6) is 0 Å². The van der Waals surface area contributed by atoms with Crippen LogP contribution >= 0.6 is 0 Å². The van der Waals surface area contributed by atoms with Crippen molar-refractivity contribution in [1.29, 1.82) is 0 Å². The van der Waals surface area contributed by atoms with Gasteiger partial charge in [-0.2, -0.15) is 0 Å². The van der Waals surface area contributed by atoms with Crippen molar-refractivity contribution in [3.8, 4) is 28.5 Å². The lowest BCUT2D eigenvalue weighted by Gasteiger charge is -2.16. The number of hydrogen-bond donors (Lipinski definition) is 0. The maximum Gasteiger partial charge on any atom is 0.162 e. The van der Waals surface area contributed by atoms with Crippen molar-refractivity contribution in [2.75, 3.05) is 0 Å². The van der Waals surface area contributed by atoms with Crippen molar-refractivity contribution in [2.24, 2.45) is 0 Å². The van der Waals surface area contributed by atoms with Gasteiger partial charge in [-0.3, -0.25) is 4.57 Å². The largest absolute Gasteiger partial charge is 0.456 e. The molecule has 0 atom stereocenters. The summed E-state index contributed by atoms with van der Waals surface area (Å²) in [5, 5.41) is 4.50. The molecule has 0 unspecified atom stereocenters. The van der Waals surface area contributed by atoms with E-state index < -0.39 is 0 Å². The average molecular weight is 502 g/mol. The van der Waals surface area contributed by atoms with E-state index in [2.05, 4.69) is 96.4 Å². The third-order valence-electron chi connectivity index (χ3n) is 7.60. The zero-order valence-corrected chi connectivity index (χ0v) is 21.3. The summed E-state index contributed by atoms with van der Waals surface area (Å²) in [7, 11) is 0. The van der Waals surface area contributed by atoms with E-state index in [4.69, 9.17) is 14.4 Å². The summed E-state index contributed by atoms with van der Waals surface area (Å²) in [6, 6.07) is 41.7. The first-order chi connectivity index (χ1) is 19.3. The molecular formula is C35H23N3O. The summed E-state index contributed by atoms with van der Waals surface area (Å²) < 4.78 is 8.49. The van der Waals surface area contributed by atoms with Gasteiger partial charge >= 0.3 is 0 Å². The van der Waals surface area contributed by atoms with Gasteiger partial charge in [-0.05, 0) is 31.2 Å². The number of furan rings is 1. The summed E-state index contributed by atoms with van der Waals surface area (Å²) in [4.78, 5) is 10.5. The highest BCUT2D eigenvalue weighted by atomic mass is 16.3. The maximum absolute atomic E-state index is 6.21. The second-order valence-corrected chi connectivity index (χ2v) is 9.86. The lowest BCUT2D eigenvalue weighted by molar-refractivity contribution is 0.669. The lowest BCUT2D eigenvalue weighted by atomic mass is 10.0. The molecule has 0 N–H and O–H groups in total. The third kappa shape index (κ3) is 3.25. The Morgan fingerprint density at radius 3 is 1.92 bits per heavy atom. The van der Waals surface area contributed by atoms with Gasteiger partial charge < -0.3 is 4.42 Å². The van der Waals surface area contributed by atoms with Gasteiger partial charge in [0.05, 0.1) is 16.7 Å². The van der Waals surface area contributed by atoms with Gasteiger partial charge in [0.15, 0.2) is 5.82 Å². The number of para-hydroxylation sites is 3. The van der Waals surface area contributed by atoms with E-state index in [9.17, 15) is 0 Å². The van der Waals surface area contributed by atoms with E-state index in [1.807, 2.05) is 36.4 Å². The molecule has 0 aliphatic heterocycles. The van der Waals surface area contributed by atoms with Crippen molar-refractivity contribution in [1.82, 2.24) is 14.5 Å². The molecule has 0 bridgehead atoms. The molecule has 3 aromatic heterocycles. The van der Waals surface area contributed by atoms with Crippen LogP contribution in [0, 0.1) is 6.92 Å². The van der Waals surface area contributed by atoms with Crippen molar-refractivity contribution < 1.29 is 4.42 Å². The molecule has 5 aromatic carbocycles. The fourth-order valence-corrected chi connectivity index (χ4v) is 5.83. The highest BCUT2D eigenvalue weighted by molar-refractivity contribution is 6.12. The Labute approximate surface area is 224 Å². The van der Waals surface area contributed by atoms with E-state index in [1.165, 1.54) is 10.8 Å². The second-order valence-electron chi connectivity index (χ2n) is 9.86. The third-order valence-corrected chi connectivity index (χ3v) is 7.60. The molecule has 0 saturated heterocycles. The van der Waals surface area contributed by atoms with Crippen LogP contribution in [-0.4, -0.2) is 14.5 Å². The normalized spacial score (nSPS) is 11.7. The van der Waals surface area contributed by atoms with Crippen LogP contribution in [0.4, 0.5) is 0 Å². The highest BCUT2D eigenvalue weighted by Gasteiger charge is 2.21. The van der Waals surface area contributed by atoms with Crippen LogP contribution in [0.3, 0.4) is 0 Å². The van der Waals surface area contributed by atoms with Crippen molar-refractivity contribution in [3.05, 3.63) is 127 Å². The van der Waals surface area contributed by atoms with Gasteiger partial charge in [-0.15, -0.1) is 0 Å². The molecule has 184 valence electrons. The highest BCUT2D eigenvalue weighted by Crippen LogP contribution is 2.39. The van der Waals surface area contributed by atoms with Gasteiger partial charge in [0.2, 0.25) is 0 Å². The Kier molecular flexibility index (Phi) is 4.70. The summed E-state index contributed by atoms with van der Waals surface area (Å²) in [6.07, 6.45) is 0. The molecule has 0 aliphatic rings. The molecule has 3 heterocycles. The molecule has 8 rings (SSSR count). The molecule has 0 amide bonds. The van der Waals surface area contributed by atoms with Gasteiger partial charge in [-0.25, -0.2) is 9.97 Å². The lowest BCUT2D eigenvalue weighted by Crippen LogP contribution is -2.06. The summed E-state index contributed by atoms with van der Waals surface area (Å²) >= 11 is 0. The smallest absolute Gasteiger partial charge is 0.162 e. The predicted octanol–water partition coefficient (Wildman–Crippen LogP) is 9.12. The van der Waals surface area contributed by atoms with Crippen LogP contribution in [0.25, 0.3) is 72.2 Å². The number of nitrogens with zero attached hydrogens (tertiary/aromatic N) is 3. The molecule has 4 nitrogen and oxygen atoms in total. The van der Waals surface area contributed by atoms with Crippen LogP contribution in [-0.2, 0) is 0 Å².